The molecule has 0 radical (unpaired) electrons. The summed E-state index contributed by atoms with van der Waals surface area (Å²) in [4.78, 5) is 19.2. The Bertz CT molecular complexity index is 354. The summed E-state index contributed by atoms with van der Waals surface area (Å²) >= 11 is 0. The van der Waals surface area contributed by atoms with Gasteiger partial charge in [0.25, 0.3) is 0 Å². The molecule has 0 spiro atoms. The smallest absolute Gasteiger partial charge is 0.358 e. The number of aryl methyl sites for hydroxylation is 1. The fourth-order valence-corrected chi connectivity index (χ4v) is 1.05. The molecule has 0 bridgehead atoms. The predicted molar refractivity (Wildman–Crippen MR) is 55.7 cm³/mol. The summed E-state index contributed by atoms with van der Waals surface area (Å²) in [5, 5.41) is 3.00. The van der Waals surface area contributed by atoms with Crippen LogP contribution in [-0.4, -0.2) is 36.1 Å². The summed E-state index contributed by atoms with van der Waals surface area (Å²) in [5.41, 5.74) is 6.19. The topological polar surface area (TPSA) is 90.1 Å². The first kappa shape index (κ1) is 11.4. The summed E-state index contributed by atoms with van der Waals surface area (Å²) < 4.78 is 4.53. The maximum Gasteiger partial charge on any atom is 0.358 e. The molecule has 0 saturated carbocycles. The molecule has 0 unspecified atom stereocenters. The van der Waals surface area contributed by atoms with Crippen LogP contribution in [0.1, 0.15) is 16.2 Å². The molecule has 0 fully saturated rings. The van der Waals surface area contributed by atoms with Crippen molar-refractivity contribution in [3.63, 3.8) is 0 Å². The molecule has 6 heteroatoms. The van der Waals surface area contributed by atoms with Crippen molar-refractivity contribution in [1.29, 1.82) is 0 Å². The lowest BCUT2D eigenvalue weighted by Gasteiger charge is -2.07. The standard InChI is InChI=1S/C9H14N4O2/c1-6-8(11-4-3-10)12-5-7(13-6)9(14)15-2/h5H,3-4,10H2,1-2H3,(H,11,12). The van der Waals surface area contributed by atoms with E-state index in [0.29, 0.717) is 24.6 Å². The minimum atomic E-state index is -0.490. The van der Waals surface area contributed by atoms with Gasteiger partial charge in [-0.1, -0.05) is 0 Å². The quantitative estimate of drug-likeness (QED) is 0.677. The van der Waals surface area contributed by atoms with Crippen molar-refractivity contribution < 1.29 is 9.53 Å². The molecule has 0 aromatic carbocycles. The Morgan fingerprint density at radius 3 is 2.93 bits per heavy atom. The molecule has 0 saturated heterocycles. The van der Waals surface area contributed by atoms with Gasteiger partial charge in [0.05, 0.1) is 19.0 Å². The normalized spacial score (nSPS) is 9.80. The second kappa shape index (κ2) is 5.26. The van der Waals surface area contributed by atoms with E-state index < -0.39 is 5.97 Å². The number of nitrogens with two attached hydrogens (primary N) is 1. The van der Waals surface area contributed by atoms with Gasteiger partial charge in [0.2, 0.25) is 0 Å². The van der Waals surface area contributed by atoms with E-state index in [1.165, 1.54) is 13.3 Å². The van der Waals surface area contributed by atoms with Crippen LogP contribution in [-0.2, 0) is 4.74 Å². The third-order valence-corrected chi connectivity index (χ3v) is 1.78. The number of carbonyl (C=O) groups excluding carboxylic acids is 1. The van der Waals surface area contributed by atoms with Crippen LogP contribution in [0.3, 0.4) is 0 Å². The number of hydrogen-bond acceptors (Lipinski definition) is 6. The zero-order valence-electron chi connectivity index (χ0n) is 8.78. The van der Waals surface area contributed by atoms with Gasteiger partial charge in [-0.3, -0.25) is 0 Å². The highest BCUT2D eigenvalue weighted by molar-refractivity contribution is 5.86. The SMILES string of the molecule is COC(=O)c1cnc(NCCN)c(C)n1. The highest BCUT2D eigenvalue weighted by Gasteiger charge is 2.09. The van der Waals surface area contributed by atoms with E-state index in [0.717, 1.165) is 0 Å². The van der Waals surface area contributed by atoms with Gasteiger partial charge in [-0.25, -0.2) is 14.8 Å². The van der Waals surface area contributed by atoms with E-state index in [9.17, 15) is 4.79 Å². The molecular weight excluding hydrogens is 196 g/mol. The molecular formula is C9H14N4O2. The number of rotatable bonds is 4. The van der Waals surface area contributed by atoms with Gasteiger partial charge in [-0.15, -0.1) is 0 Å². The number of carbonyl (C=O) groups is 1. The lowest BCUT2D eigenvalue weighted by atomic mass is 10.4. The van der Waals surface area contributed by atoms with Crippen molar-refractivity contribution in [1.82, 2.24) is 9.97 Å². The third-order valence-electron chi connectivity index (χ3n) is 1.78. The molecule has 1 aromatic rings. The fourth-order valence-electron chi connectivity index (χ4n) is 1.05. The molecule has 15 heavy (non-hydrogen) atoms. The molecule has 0 aliphatic rings. The summed E-state index contributed by atoms with van der Waals surface area (Å²) in [6, 6.07) is 0. The average molecular weight is 210 g/mol. The van der Waals surface area contributed by atoms with E-state index in [1.807, 2.05) is 0 Å². The van der Waals surface area contributed by atoms with Crippen molar-refractivity contribution in [3.05, 3.63) is 17.6 Å². The van der Waals surface area contributed by atoms with Crippen molar-refractivity contribution in [2.75, 3.05) is 25.5 Å². The number of hydrogen-bond donors (Lipinski definition) is 2. The molecule has 0 amide bonds. The van der Waals surface area contributed by atoms with Gasteiger partial charge in [0.15, 0.2) is 5.69 Å². The Kier molecular flexibility index (Phi) is 3.99. The van der Waals surface area contributed by atoms with Crippen LogP contribution >= 0.6 is 0 Å². The number of nitrogens with zero attached hydrogens (tertiary/aromatic N) is 2. The van der Waals surface area contributed by atoms with Gasteiger partial charge in [-0.2, -0.15) is 0 Å². The van der Waals surface area contributed by atoms with Gasteiger partial charge in [0.1, 0.15) is 5.82 Å². The molecule has 6 nitrogen and oxygen atoms in total. The molecule has 0 aliphatic heterocycles. The van der Waals surface area contributed by atoms with Crippen LogP contribution in [0.4, 0.5) is 5.82 Å². The fraction of sp³-hybridized carbons (Fsp3) is 0.444. The Hall–Kier alpha value is -1.69. The van der Waals surface area contributed by atoms with Gasteiger partial charge < -0.3 is 15.8 Å². The van der Waals surface area contributed by atoms with Crippen molar-refractivity contribution >= 4 is 11.8 Å². The molecule has 82 valence electrons. The average Bonchev–Trinajstić information content (AvgIpc) is 2.26. The van der Waals surface area contributed by atoms with Crippen molar-refractivity contribution in [2.24, 2.45) is 5.73 Å². The molecule has 3 N–H and O–H groups in total. The zero-order chi connectivity index (χ0) is 11.3. The first-order valence-corrected chi connectivity index (χ1v) is 4.55. The van der Waals surface area contributed by atoms with Crippen LogP contribution in [0.5, 0.6) is 0 Å². The van der Waals surface area contributed by atoms with Crippen molar-refractivity contribution in [3.8, 4) is 0 Å². The zero-order valence-corrected chi connectivity index (χ0v) is 8.78. The minimum absolute atomic E-state index is 0.202. The van der Waals surface area contributed by atoms with Gasteiger partial charge >= 0.3 is 5.97 Å². The maximum absolute atomic E-state index is 11.1. The largest absolute Gasteiger partial charge is 0.464 e. The maximum atomic E-state index is 11.1. The summed E-state index contributed by atoms with van der Waals surface area (Å²) in [6.07, 6.45) is 1.37. The highest BCUT2D eigenvalue weighted by atomic mass is 16.5. The van der Waals surface area contributed by atoms with Crippen LogP contribution in [0, 0.1) is 6.92 Å². The van der Waals surface area contributed by atoms with Crippen molar-refractivity contribution in [2.45, 2.75) is 6.92 Å². The number of esters is 1. The summed E-state index contributed by atoms with van der Waals surface area (Å²) in [5.74, 6) is 0.143. The number of aromatic nitrogens is 2. The molecule has 1 rings (SSSR count). The molecule has 0 aliphatic carbocycles. The Morgan fingerprint density at radius 2 is 2.40 bits per heavy atom. The van der Waals surface area contributed by atoms with Crippen LogP contribution in [0.25, 0.3) is 0 Å². The first-order chi connectivity index (χ1) is 7.19. The van der Waals surface area contributed by atoms with Crippen LogP contribution in [0.2, 0.25) is 0 Å². The number of methoxy groups -OCH3 is 1. The van der Waals surface area contributed by atoms with E-state index in [1.54, 1.807) is 6.92 Å². The van der Waals surface area contributed by atoms with Crippen LogP contribution < -0.4 is 11.1 Å². The number of nitrogens with one attached hydrogen (secondary N) is 1. The third kappa shape index (κ3) is 2.88. The van der Waals surface area contributed by atoms with Crippen LogP contribution in [0.15, 0.2) is 6.20 Å². The van der Waals surface area contributed by atoms with E-state index in [4.69, 9.17) is 5.73 Å². The monoisotopic (exact) mass is 210 g/mol. The predicted octanol–water partition coefficient (Wildman–Crippen LogP) is -0.0578. The first-order valence-electron chi connectivity index (χ1n) is 4.55. The highest BCUT2D eigenvalue weighted by Crippen LogP contribution is 2.08. The lowest BCUT2D eigenvalue weighted by Crippen LogP contribution is -2.16. The van der Waals surface area contributed by atoms with Gasteiger partial charge in [0, 0.05) is 13.1 Å². The van der Waals surface area contributed by atoms with E-state index in [2.05, 4.69) is 20.0 Å². The van der Waals surface area contributed by atoms with E-state index in [-0.39, 0.29) is 5.69 Å². The molecule has 1 heterocycles. The minimum Gasteiger partial charge on any atom is -0.464 e. The number of ether oxygens (including phenoxy) is 1. The molecule has 1 aromatic heterocycles. The second-order valence-electron chi connectivity index (χ2n) is 2.90. The van der Waals surface area contributed by atoms with Gasteiger partial charge in [-0.05, 0) is 6.92 Å². The second-order valence-corrected chi connectivity index (χ2v) is 2.90. The molecule has 0 atom stereocenters. The lowest BCUT2D eigenvalue weighted by molar-refractivity contribution is 0.0593. The Balaban J connectivity index is 2.83. The summed E-state index contributed by atoms with van der Waals surface area (Å²) in [7, 11) is 1.31. The van der Waals surface area contributed by atoms with E-state index >= 15 is 0 Å². The Labute approximate surface area is 87.9 Å². The summed E-state index contributed by atoms with van der Waals surface area (Å²) in [6.45, 7) is 2.89. The number of anilines is 1. The Morgan fingerprint density at radius 1 is 1.67 bits per heavy atom.